The molecule has 1 amide bonds. The Morgan fingerprint density at radius 1 is 1.25 bits per heavy atom. The Morgan fingerprint density at radius 2 is 2.04 bits per heavy atom. The van der Waals surface area contributed by atoms with Crippen molar-refractivity contribution < 1.29 is 14.3 Å². The van der Waals surface area contributed by atoms with Crippen LogP contribution in [0.3, 0.4) is 0 Å². The molecule has 0 aliphatic heterocycles. The number of carbonyl (C=O) groups is 1. The van der Waals surface area contributed by atoms with Crippen LogP contribution in [-0.2, 0) is 11.8 Å². The average Bonchev–Trinajstić information content (AvgIpc) is 2.94. The number of nitrogens with one attached hydrogen (secondary N) is 1. The van der Waals surface area contributed by atoms with Gasteiger partial charge in [-0.25, -0.2) is 4.98 Å². The molecule has 2 heterocycles. The van der Waals surface area contributed by atoms with Crippen molar-refractivity contribution in [1.82, 2.24) is 14.8 Å². The van der Waals surface area contributed by atoms with Crippen LogP contribution < -0.4 is 14.8 Å². The van der Waals surface area contributed by atoms with Gasteiger partial charge in [0.2, 0.25) is 5.91 Å². The molecule has 0 bridgehead atoms. The van der Waals surface area contributed by atoms with Gasteiger partial charge in [-0.3, -0.25) is 9.48 Å². The lowest BCUT2D eigenvalue weighted by Gasteiger charge is -2.13. The van der Waals surface area contributed by atoms with E-state index in [2.05, 4.69) is 15.4 Å². The highest BCUT2D eigenvalue weighted by Crippen LogP contribution is 2.29. The number of hydrogen-bond acceptors (Lipinski definition) is 5. The van der Waals surface area contributed by atoms with Gasteiger partial charge < -0.3 is 14.8 Å². The highest BCUT2D eigenvalue weighted by molar-refractivity contribution is 6.02. The maximum Gasteiger partial charge on any atom is 0.248 e. The number of ether oxygens (including phenoxy) is 2. The molecule has 7 nitrogen and oxygen atoms in total. The van der Waals surface area contributed by atoms with E-state index in [1.165, 1.54) is 6.08 Å². The molecule has 0 radical (unpaired) electrons. The minimum atomic E-state index is -0.246. The zero-order valence-corrected chi connectivity index (χ0v) is 16.7. The first-order chi connectivity index (χ1) is 13.4. The maximum absolute atomic E-state index is 12.3. The smallest absolute Gasteiger partial charge is 0.248 e. The lowest BCUT2D eigenvalue weighted by molar-refractivity contribution is -0.111. The first kappa shape index (κ1) is 19.4. The summed E-state index contributed by atoms with van der Waals surface area (Å²) < 4.78 is 12.8. The van der Waals surface area contributed by atoms with Crippen LogP contribution in [0.1, 0.15) is 25.1 Å². The molecular formula is C21H24N4O3. The topological polar surface area (TPSA) is 78.3 Å². The van der Waals surface area contributed by atoms with Gasteiger partial charge in [0, 0.05) is 18.5 Å². The van der Waals surface area contributed by atoms with E-state index < -0.39 is 0 Å². The van der Waals surface area contributed by atoms with E-state index >= 15 is 0 Å². The normalized spacial score (nSPS) is 11.4. The summed E-state index contributed by atoms with van der Waals surface area (Å²) in [7, 11) is 3.43. The number of carbonyl (C=O) groups excluding carboxylic acids is 1. The first-order valence-corrected chi connectivity index (χ1v) is 9.00. The Balaban J connectivity index is 1.72. The highest BCUT2D eigenvalue weighted by Gasteiger charge is 2.09. The van der Waals surface area contributed by atoms with Gasteiger partial charge >= 0.3 is 0 Å². The summed E-state index contributed by atoms with van der Waals surface area (Å²) in [6, 6.07) is 7.40. The number of amides is 1. The molecule has 0 saturated carbocycles. The van der Waals surface area contributed by atoms with Crippen molar-refractivity contribution >= 4 is 28.7 Å². The number of aryl methyl sites for hydroxylation is 2. The third-order valence-corrected chi connectivity index (χ3v) is 4.11. The molecule has 0 aliphatic carbocycles. The van der Waals surface area contributed by atoms with Crippen LogP contribution in [0.15, 0.2) is 36.5 Å². The van der Waals surface area contributed by atoms with Crippen LogP contribution in [0.25, 0.3) is 17.1 Å². The molecule has 0 unspecified atom stereocenters. The third-order valence-electron chi connectivity index (χ3n) is 4.11. The van der Waals surface area contributed by atoms with Crippen LogP contribution >= 0.6 is 0 Å². The zero-order valence-electron chi connectivity index (χ0n) is 16.7. The molecule has 0 spiro atoms. The fraction of sp³-hybridized carbons (Fsp3) is 0.286. The molecule has 0 fully saturated rings. The number of anilines is 1. The van der Waals surface area contributed by atoms with Crippen LogP contribution in [0, 0.1) is 6.92 Å². The number of rotatable bonds is 6. The first-order valence-electron chi connectivity index (χ1n) is 9.00. The number of aromatic nitrogens is 3. The summed E-state index contributed by atoms with van der Waals surface area (Å²) in [4.78, 5) is 16.6. The van der Waals surface area contributed by atoms with Crippen LogP contribution in [0.4, 0.5) is 5.69 Å². The molecular weight excluding hydrogens is 356 g/mol. The van der Waals surface area contributed by atoms with Crippen molar-refractivity contribution in [3.63, 3.8) is 0 Å². The third kappa shape index (κ3) is 4.31. The van der Waals surface area contributed by atoms with Crippen molar-refractivity contribution in [2.45, 2.75) is 26.9 Å². The van der Waals surface area contributed by atoms with Gasteiger partial charge in [-0.15, -0.1) is 0 Å². The second kappa shape index (κ2) is 8.12. The van der Waals surface area contributed by atoms with Gasteiger partial charge in [0.25, 0.3) is 0 Å². The van der Waals surface area contributed by atoms with E-state index in [9.17, 15) is 4.79 Å². The van der Waals surface area contributed by atoms with Gasteiger partial charge in [0.1, 0.15) is 0 Å². The molecule has 146 valence electrons. The van der Waals surface area contributed by atoms with E-state index in [-0.39, 0.29) is 12.0 Å². The molecule has 0 saturated heterocycles. The molecule has 3 rings (SSSR count). The highest BCUT2D eigenvalue weighted by atomic mass is 16.5. The van der Waals surface area contributed by atoms with Gasteiger partial charge in [-0.2, -0.15) is 5.10 Å². The monoisotopic (exact) mass is 380 g/mol. The second-order valence-electron chi connectivity index (χ2n) is 6.70. The number of pyridine rings is 1. The van der Waals surface area contributed by atoms with E-state index in [1.54, 1.807) is 24.1 Å². The Bertz CT molecular complexity index is 1040. The Labute approximate surface area is 164 Å². The van der Waals surface area contributed by atoms with Crippen molar-refractivity contribution in [3.8, 4) is 11.5 Å². The Morgan fingerprint density at radius 3 is 2.75 bits per heavy atom. The molecule has 7 heteroatoms. The van der Waals surface area contributed by atoms with Crippen LogP contribution in [0.2, 0.25) is 0 Å². The van der Waals surface area contributed by atoms with Crippen molar-refractivity contribution in [2.24, 2.45) is 7.05 Å². The molecule has 0 aliphatic rings. The van der Waals surface area contributed by atoms with E-state index in [4.69, 9.17) is 9.47 Å². The summed E-state index contributed by atoms with van der Waals surface area (Å²) in [5, 5.41) is 8.07. The SMILES string of the molecule is COc1cc(/C=C/C(=O)Nc2cnc3c(c2)c(C)nn3C)ccc1OC(C)C. The average molecular weight is 380 g/mol. The Kier molecular flexibility index (Phi) is 5.63. The minimum absolute atomic E-state index is 0.0514. The predicted molar refractivity (Wildman–Crippen MR) is 110 cm³/mol. The summed E-state index contributed by atoms with van der Waals surface area (Å²) in [6.07, 6.45) is 4.86. The molecule has 1 N–H and O–H groups in total. The van der Waals surface area contributed by atoms with E-state index in [0.29, 0.717) is 17.2 Å². The maximum atomic E-state index is 12.3. The molecule has 3 aromatic rings. The molecule has 1 aromatic carbocycles. The summed E-state index contributed by atoms with van der Waals surface area (Å²) in [5.74, 6) is 1.05. The summed E-state index contributed by atoms with van der Waals surface area (Å²) in [5.41, 5.74) is 3.10. The van der Waals surface area contributed by atoms with E-state index in [1.807, 2.05) is 52.1 Å². The van der Waals surface area contributed by atoms with Crippen LogP contribution in [0.5, 0.6) is 11.5 Å². The lowest BCUT2D eigenvalue weighted by Crippen LogP contribution is -2.08. The van der Waals surface area contributed by atoms with Gasteiger partial charge in [-0.1, -0.05) is 6.07 Å². The summed E-state index contributed by atoms with van der Waals surface area (Å²) >= 11 is 0. The van der Waals surface area contributed by atoms with E-state index in [0.717, 1.165) is 22.3 Å². The second-order valence-corrected chi connectivity index (χ2v) is 6.70. The number of benzene rings is 1. The predicted octanol–water partition coefficient (Wildman–Crippen LogP) is 3.72. The van der Waals surface area contributed by atoms with Gasteiger partial charge in [0.15, 0.2) is 17.1 Å². The van der Waals surface area contributed by atoms with Gasteiger partial charge in [-0.05, 0) is 50.6 Å². The molecule has 2 aromatic heterocycles. The largest absolute Gasteiger partial charge is 0.493 e. The zero-order chi connectivity index (χ0) is 20.3. The van der Waals surface area contributed by atoms with Crippen LogP contribution in [-0.4, -0.2) is 33.9 Å². The van der Waals surface area contributed by atoms with Crippen molar-refractivity contribution in [2.75, 3.05) is 12.4 Å². The lowest BCUT2D eigenvalue weighted by atomic mass is 10.2. The minimum Gasteiger partial charge on any atom is -0.493 e. The molecule has 0 atom stereocenters. The van der Waals surface area contributed by atoms with Gasteiger partial charge in [0.05, 0.1) is 30.8 Å². The number of methoxy groups -OCH3 is 1. The molecule has 28 heavy (non-hydrogen) atoms. The quantitative estimate of drug-likeness (QED) is 0.660. The fourth-order valence-electron chi connectivity index (χ4n) is 2.87. The Hall–Kier alpha value is -3.35. The number of hydrogen-bond donors (Lipinski definition) is 1. The number of fused-ring (bicyclic) bond motifs is 1. The number of nitrogens with zero attached hydrogens (tertiary/aromatic N) is 3. The fourth-order valence-corrected chi connectivity index (χ4v) is 2.87. The summed E-state index contributed by atoms with van der Waals surface area (Å²) in [6.45, 7) is 5.82. The van der Waals surface area contributed by atoms with Crippen molar-refractivity contribution in [3.05, 3.63) is 47.8 Å². The van der Waals surface area contributed by atoms with Crippen molar-refractivity contribution in [1.29, 1.82) is 0 Å². The standard InChI is InChI=1S/C21H24N4O3/c1-13(2)28-18-8-6-15(10-19(18)27-5)7-9-20(26)23-16-11-17-14(3)24-25(4)21(17)22-12-16/h6-13H,1-5H3,(H,23,26)/b9-7+.